The third-order valence-electron chi connectivity index (χ3n) is 4.31. The van der Waals surface area contributed by atoms with Gasteiger partial charge < -0.3 is 4.74 Å². The van der Waals surface area contributed by atoms with Gasteiger partial charge in [-0.25, -0.2) is 0 Å². The van der Waals surface area contributed by atoms with Crippen LogP contribution in [0.1, 0.15) is 36.5 Å². The van der Waals surface area contributed by atoms with Crippen LogP contribution in [0.4, 0.5) is 0 Å². The number of fused-ring (bicyclic) bond motifs is 1. The lowest BCUT2D eigenvalue weighted by atomic mass is 9.99. The van der Waals surface area contributed by atoms with Crippen LogP contribution in [-0.2, 0) is 19.5 Å². The van der Waals surface area contributed by atoms with E-state index < -0.39 is 0 Å². The number of unbranched alkanes of at least 4 members (excludes halogenated alkanes) is 1. The Morgan fingerprint density at radius 1 is 1.00 bits per heavy atom. The maximum absolute atomic E-state index is 5.72. The molecule has 2 aromatic carbocycles. The molecule has 0 unspecified atom stereocenters. The molecule has 2 heteroatoms. The van der Waals surface area contributed by atoms with Crippen LogP contribution < -0.4 is 4.74 Å². The summed E-state index contributed by atoms with van der Waals surface area (Å²) in [5, 5.41) is 0. The van der Waals surface area contributed by atoms with Gasteiger partial charge in [-0.05, 0) is 41.7 Å². The summed E-state index contributed by atoms with van der Waals surface area (Å²) in [6, 6.07) is 17.4. The smallest absolute Gasteiger partial charge is 0.119 e. The van der Waals surface area contributed by atoms with Crippen molar-refractivity contribution >= 4 is 0 Å². The summed E-state index contributed by atoms with van der Waals surface area (Å²) < 4.78 is 5.72. The Morgan fingerprint density at radius 3 is 2.55 bits per heavy atom. The van der Waals surface area contributed by atoms with Gasteiger partial charge in [-0.2, -0.15) is 0 Å². The maximum atomic E-state index is 5.72. The Balaban J connectivity index is 1.55. The van der Waals surface area contributed by atoms with Gasteiger partial charge in [0.05, 0.1) is 6.61 Å². The minimum Gasteiger partial charge on any atom is -0.494 e. The second-order valence-corrected chi connectivity index (χ2v) is 6.08. The third-order valence-corrected chi connectivity index (χ3v) is 4.31. The molecule has 22 heavy (non-hydrogen) atoms. The van der Waals surface area contributed by atoms with Gasteiger partial charge in [0.25, 0.3) is 0 Å². The van der Waals surface area contributed by atoms with Gasteiger partial charge in [0.2, 0.25) is 0 Å². The Morgan fingerprint density at radius 2 is 1.77 bits per heavy atom. The summed E-state index contributed by atoms with van der Waals surface area (Å²) in [5.41, 5.74) is 4.36. The van der Waals surface area contributed by atoms with Crippen molar-refractivity contribution in [3.05, 3.63) is 65.2 Å². The molecule has 2 nitrogen and oxygen atoms in total. The molecule has 0 saturated carbocycles. The van der Waals surface area contributed by atoms with E-state index >= 15 is 0 Å². The highest BCUT2D eigenvalue weighted by Crippen LogP contribution is 2.21. The van der Waals surface area contributed by atoms with Gasteiger partial charge >= 0.3 is 0 Å². The van der Waals surface area contributed by atoms with Crippen molar-refractivity contribution in [2.45, 2.75) is 39.3 Å². The van der Waals surface area contributed by atoms with E-state index in [1.54, 1.807) is 0 Å². The number of ether oxygens (including phenoxy) is 1. The van der Waals surface area contributed by atoms with Crippen molar-refractivity contribution in [1.82, 2.24) is 4.90 Å². The second-order valence-electron chi connectivity index (χ2n) is 6.08. The summed E-state index contributed by atoms with van der Waals surface area (Å²) in [5.74, 6) is 0.987. The van der Waals surface area contributed by atoms with Crippen LogP contribution in [0.3, 0.4) is 0 Å². The molecule has 116 valence electrons. The number of rotatable bonds is 6. The van der Waals surface area contributed by atoms with E-state index in [9.17, 15) is 0 Å². The molecule has 1 aliphatic rings. The van der Waals surface area contributed by atoms with Crippen LogP contribution >= 0.6 is 0 Å². The molecule has 0 N–H and O–H groups in total. The van der Waals surface area contributed by atoms with Gasteiger partial charge in [0.1, 0.15) is 5.75 Å². The summed E-state index contributed by atoms with van der Waals surface area (Å²) in [6.07, 6.45) is 3.46. The fraction of sp³-hybridized carbons (Fsp3) is 0.400. The maximum Gasteiger partial charge on any atom is 0.119 e. The predicted octanol–water partition coefficient (Wildman–Crippen LogP) is 4.42. The van der Waals surface area contributed by atoms with Crippen LogP contribution in [0.25, 0.3) is 0 Å². The molecule has 0 bridgehead atoms. The highest BCUT2D eigenvalue weighted by Gasteiger charge is 2.15. The van der Waals surface area contributed by atoms with Crippen LogP contribution in [0.2, 0.25) is 0 Å². The van der Waals surface area contributed by atoms with E-state index in [-0.39, 0.29) is 0 Å². The van der Waals surface area contributed by atoms with Crippen LogP contribution in [0, 0.1) is 0 Å². The lowest BCUT2D eigenvalue weighted by Gasteiger charge is -2.28. The fourth-order valence-electron chi connectivity index (χ4n) is 2.97. The van der Waals surface area contributed by atoms with E-state index in [1.165, 1.54) is 23.1 Å². The molecule has 0 aliphatic carbocycles. The summed E-state index contributed by atoms with van der Waals surface area (Å²) in [4.78, 5) is 2.52. The molecule has 2 aromatic rings. The number of hydrogen-bond donors (Lipinski definition) is 0. The quantitative estimate of drug-likeness (QED) is 0.731. The zero-order chi connectivity index (χ0) is 15.2. The van der Waals surface area contributed by atoms with E-state index in [4.69, 9.17) is 4.74 Å². The topological polar surface area (TPSA) is 12.5 Å². The van der Waals surface area contributed by atoms with Crippen molar-refractivity contribution in [2.75, 3.05) is 13.2 Å². The summed E-state index contributed by atoms with van der Waals surface area (Å²) in [6.45, 7) is 6.22. The van der Waals surface area contributed by atoms with E-state index in [0.29, 0.717) is 0 Å². The largest absolute Gasteiger partial charge is 0.494 e. The first-order chi connectivity index (χ1) is 10.8. The minimum absolute atomic E-state index is 0.818. The zero-order valence-corrected chi connectivity index (χ0v) is 13.4. The van der Waals surface area contributed by atoms with Gasteiger partial charge in [0, 0.05) is 19.6 Å². The molecule has 0 aromatic heterocycles. The Hall–Kier alpha value is -1.80. The molecule has 1 heterocycles. The normalized spacial score (nSPS) is 14.6. The average Bonchev–Trinajstić information content (AvgIpc) is 2.57. The van der Waals surface area contributed by atoms with Crippen LogP contribution in [0.5, 0.6) is 5.75 Å². The molecule has 1 aliphatic heterocycles. The lowest BCUT2D eigenvalue weighted by Crippen LogP contribution is -2.29. The van der Waals surface area contributed by atoms with E-state index in [2.05, 4.69) is 60.4 Å². The van der Waals surface area contributed by atoms with Crippen molar-refractivity contribution < 1.29 is 4.74 Å². The number of nitrogens with zero attached hydrogens (tertiary/aromatic N) is 1. The molecule has 0 saturated heterocycles. The molecular weight excluding hydrogens is 270 g/mol. The van der Waals surface area contributed by atoms with Gasteiger partial charge in [0.15, 0.2) is 0 Å². The molecule has 0 radical (unpaired) electrons. The SMILES string of the molecule is CCCCOc1ccc(CN2CCc3ccccc3C2)cc1. The van der Waals surface area contributed by atoms with Crippen molar-refractivity contribution in [3.8, 4) is 5.75 Å². The van der Waals surface area contributed by atoms with Gasteiger partial charge in [-0.1, -0.05) is 49.7 Å². The van der Waals surface area contributed by atoms with Crippen molar-refractivity contribution in [2.24, 2.45) is 0 Å². The van der Waals surface area contributed by atoms with E-state index in [1.807, 2.05) is 0 Å². The molecule has 0 fully saturated rings. The third kappa shape index (κ3) is 3.89. The molecule has 0 atom stereocenters. The number of benzene rings is 2. The Kier molecular flexibility index (Phi) is 5.12. The Labute approximate surface area is 133 Å². The molecular formula is C20H25NO. The summed E-state index contributed by atoms with van der Waals surface area (Å²) >= 11 is 0. The highest BCUT2D eigenvalue weighted by atomic mass is 16.5. The first-order valence-corrected chi connectivity index (χ1v) is 8.36. The van der Waals surface area contributed by atoms with Crippen molar-refractivity contribution in [3.63, 3.8) is 0 Å². The standard InChI is InChI=1S/C20H25NO/c1-2-3-14-22-20-10-8-17(9-11-20)15-21-13-12-18-6-4-5-7-19(18)16-21/h4-11H,2-3,12-16H2,1H3. The summed E-state index contributed by atoms with van der Waals surface area (Å²) in [7, 11) is 0. The van der Waals surface area contributed by atoms with Crippen LogP contribution in [0.15, 0.2) is 48.5 Å². The molecule has 0 spiro atoms. The van der Waals surface area contributed by atoms with Crippen molar-refractivity contribution in [1.29, 1.82) is 0 Å². The molecule has 3 rings (SSSR count). The average molecular weight is 295 g/mol. The monoisotopic (exact) mass is 295 g/mol. The zero-order valence-electron chi connectivity index (χ0n) is 13.4. The second kappa shape index (κ2) is 7.46. The first-order valence-electron chi connectivity index (χ1n) is 8.36. The lowest BCUT2D eigenvalue weighted by molar-refractivity contribution is 0.245. The predicted molar refractivity (Wildman–Crippen MR) is 91.1 cm³/mol. The van der Waals surface area contributed by atoms with E-state index in [0.717, 1.165) is 44.8 Å². The first kappa shape index (κ1) is 15.1. The highest BCUT2D eigenvalue weighted by molar-refractivity contribution is 5.30. The fourth-order valence-corrected chi connectivity index (χ4v) is 2.97. The van der Waals surface area contributed by atoms with Gasteiger partial charge in [-0.3, -0.25) is 4.90 Å². The van der Waals surface area contributed by atoms with Crippen LogP contribution in [-0.4, -0.2) is 18.1 Å². The molecule has 0 amide bonds. The van der Waals surface area contributed by atoms with Gasteiger partial charge in [-0.15, -0.1) is 0 Å². The number of hydrogen-bond acceptors (Lipinski definition) is 2. The minimum atomic E-state index is 0.818. The Bertz CT molecular complexity index is 591.